The van der Waals surface area contributed by atoms with Gasteiger partial charge in [0.2, 0.25) is 0 Å². The smallest absolute Gasteiger partial charge is 0.260 e. The van der Waals surface area contributed by atoms with Gasteiger partial charge in [-0.25, -0.2) is 0 Å². The highest BCUT2D eigenvalue weighted by Gasteiger charge is 2.39. The molecule has 242 valence electrons. The van der Waals surface area contributed by atoms with E-state index in [1.54, 1.807) is 0 Å². The molecule has 8 aromatic carbocycles. The third-order valence-corrected chi connectivity index (χ3v) is 10.8. The molecule has 2 aliphatic rings. The summed E-state index contributed by atoms with van der Waals surface area (Å²) in [5.74, 6) is 3.51. The summed E-state index contributed by atoms with van der Waals surface area (Å²) in [5.41, 5.74) is 12.1. The van der Waals surface area contributed by atoms with E-state index in [1.807, 2.05) is 18.2 Å². The van der Waals surface area contributed by atoms with Gasteiger partial charge in [0.05, 0.1) is 0 Å². The summed E-state index contributed by atoms with van der Waals surface area (Å²) in [4.78, 5) is 0. The van der Waals surface area contributed by atoms with E-state index in [-0.39, 0.29) is 12.1 Å². The molecule has 0 spiro atoms. The third kappa shape index (κ3) is 4.65. The molecule has 0 saturated carbocycles. The van der Waals surface area contributed by atoms with E-state index in [2.05, 4.69) is 160 Å². The van der Waals surface area contributed by atoms with Gasteiger partial charge in [0, 0.05) is 5.46 Å². The number of para-hydroxylation sites is 1. The quantitative estimate of drug-likeness (QED) is 0.139. The summed E-state index contributed by atoms with van der Waals surface area (Å²) in [6, 6.07) is 57.1. The van der Waals surface area contributed by atoms with Crippen LogP contribution >= 0.6 is 0 Å². The second-order valence-corrected chi connectivity index (χ2v) is 14.8. The monoisotopic (exact) mass is 654 g/mol. The van der Waals surface area contributed by atoms with Crippen LogP contribution in [-0.2, 0) is 5.41 Å². The van der Waals surface area contributed by atoms with Crippen LogP contribution in [0.1, 0.15) is 26.3 Å². The van der Waals surface area contributed by atoms with Crippen molar-refractivity contribution in [3.8, 4) is 56.4 Å². The van der Waals surface area contributed by atoms with Crippen LogP contribution in [0.3, 0.4) is 0 Å². The van der Waals surface area contributed by atoms with E-state index in [4.69, 9.17) is 9.47 Å². The Hall–Kier alpha value is -6.06. The Balaban J connectivity index is 1.17. The van der Waals surface area contributed by atoms with Gasteiger partial charge in [0.1, 0.15) is 23.0 Å². The Kier molecular flexibility index (Phi) is 6.57. The molecule has 8 aromatic rings. The molecule has 0 atom stereocenters. The van der Waals surface area contributed by atoms with Gasteiger partial charge in [-0.1, -0.05) is 154 Å². The van der Waals surface area contributed by atoms with Crippen LogP contribution in [-0.4, -0.2) is 6.71 Å². The first kappa shape index (κ1) is 29.8. The lowest BCUT2D eigenvalue weighted by Crippen LogP contribution is -2.57. The summed E-state index contributed by atoms with van der Waals surface area (Å²) in [6.07, 6.45) is 0. The zero-order valence-electron chi connectivity index (χ0n) is 28.9. The molecule has 51 heavy (non-hydrogen) atoms. The number of hydrogen-bond acceptors (Lipinski definition) is 2. The molecule has 0 amide bonds. The number of ether oxygens (including phenoxy) is 2. The lowest BCUT2D eigenvalue weighted by molar-refractivity contribution is 0.464. The molecule has 2 heterocycles. The van der Waals surface area contributed by atoms with Crippen LogP contribution in [0, 0.1) is 0 Å². The van der Waals surface area contributed by atoms with Crippen LogP contribution in [0.25, 0.3) is 54.9 Å². The molecule has 0 N–H and O–H groups in total. The van der Waals surface area contributed by atoms with Crippen molar-refractivity contribution in [2.24, 2.45) is 0 Å². The summed E-state index contributed by atoms with van der Waals surface area (Å²) in [6.45, 7) is 6.86. The average Bonchev–Trinajstić information content (AvgIpc) is 3.16. The van der Waals surface area contributed by atoms with Crippen molar-refractivity contribution < 1.29 is 9.47 Å². The maximum absolute atomic E-state index is 6.70. The van der Waals surface area contributed by atoms with E-state index < -0.39 is 0 Å². The minimum Gasteiger partial charge on any atom is -0.458 e. The van der Waals surface area contributed by atoms with Crippen molar-refractivity contribution in [1.29, 1.82) is 0 Å². The van der Waals surface area contributed by atoms with E-state index in [1.165, 1.54) is 60.4 Å². The van der Waals surface area contributed by atoms with Gasteiger partial charge < -0.3 is 9.47 Å². The van der Waals surface area contributed by atoms with Crippen LogP contribution in [0.4, 0.5) is 0 Å². The Morgan fingerprint density at radius 2 is 0.922 bits per heavy atom. The van der Waals surface area contributed by atoms with Crippen molar-refractivity contribution in [3.05, 3.63) is 163 Å². The zero-order valence-corrected chi connectivity index (χ0v) is 28.9. The van der Waals surface area contributed by atoms with Gasteiger partial charge >= 0.3 is 0 Å². The van der Waals surface area contributed by atoms with Gasteiger partial charge in [-0.05, 0) is 101 Å². The minimum atomic E-state index is 0.0482. The molecule has 2 nitrogen and oxygen atoms in total. The fourth-order valence-corrected chi connectivity index (χ4v) is 8.36. The fraction of sp³-hybridized carbons (Fsp3) is 0.0833. The van der Waals surface area contributed by atoms with Gasteiger partial charge in [-0.3, -0.25) is 0 Å². The van der Waals surface area contributed by atoms with E-state index in [0.717, 1.165) is 39.5 Å². The first-order valence-electron chi connectivity index (χ1n) is 17.8. The lowest BCUT2D eigenvalue weighted by Gasteiger charge is -2.33. The second-order valence-electron chi connectivity index (χ2n) is 14.8. The summed E-state index contributed by atoms with van der Waals surface area (Å²) >= 11 is 0. The molecule has 0 fully saturated rings. The summed E-state index contributed by atoms with van der Waals surface area (Å²) in [5, 5.41) is 4.99. The first-order valence-corrected chi connectivity index (χ1v) is 17.8. The molecule has 0 aliphatic carbocycles. The Bertz CT molecular complexity index is 2630. The second kappa shape index (κ2) is 11.2. The molecule has 2 aliphatic heterocycles. The van der Waals surface area contributed by atoms with Gasteiger partial charge in [0.15, 0.2) is 0 Å². The van der Waals surface area contributed by atoms with E-state index >= 15 is 0 Å². The SMILES string of the molecule is CC(C)(C)c1ccc(-c2c3ccccc3c(-c3ccccc3-c3ccc4c(c3)Oc3cccc5c3B4c3ccccc3O5)c3ccccc23)cc1. The maximum Gasteiger partial charge on any atom is 0.260 e. The molecule has 3 heteroatoms. The van der Waals surface area contributed by atoms with Crippen LogP contribution in [0.15, 0.2) is 158 Å². The third-order valence-electron chi connectivity index (χ3n) is 10.8. The molecule has 0 radical (unpaired) electrons. The topological polar surface area (TPSA) is 18.5 Å². The van der Waals surface area contributed by atoms with E-state index in [0.29, 0.717) is 0 Å². The lowest BCUT2D eigenvalue weighted by atomic mass is 9.35. The maximum atomic E-state index is 6.70. The normalized spacial score (nSPS) is 12.9. The Labute approximate surface area is 299 Å². The molecule has 10 rings (SSSR count). The van der Waals surface area contributed by atoms with E-state index in [9.17, 15) is 0 Å². The molecule has 0 unspecified atom stereocenters. The predicted molar refractivity (Wildman–Crippen MR) is 214 cm³/mol. The average molecular weight is 655 g/mol. The van der Waals surface area contributed by atoms with Crippen LogP contribution in [0.2, 0.25) is 0 Å². The summed E-state index contributed by atoms with van der Waals surface area (Å²) in [7, 11) is 0. The highest BCUT2D eigenvalue weighted by atomic mass is 16.5. The summed E-state index contributed by atoms with van der Waals surface area (Å²) < 4.78 is 13.0. The van der Waals surface area contributed by atoms with Gasteiger partial charge in [0.25, 0.3) is 6.71 Å². The number of rotatable bonds is 3. The highest BCUT2D eigenvalue weighted by molar-refractivity contribution is 6.98. The molecular weight excluding hydrogens is 619 g/mol. The zero-order chi connectivity index (χ0) is 34.3. The number of fused-ring (bicyclic) bond motifs is 6. The van der Waals surface area contributed by atoms with Crippen LogP contribution < -0.4 is 25.9 Å². The first-order chi connectivity index (χ1) is 24.9. The van der Waals surface area contributed by atoms with Crippen molar-refractivity contribution in [2.75, 3.05) is 0 Å². The minimum absolute atomic E-state index is 0.0482. The van der Waals surface area contributed by atoms with Crippen molar-refractivity contribution in [2.45, 2.75) is 26.2 Å². The van der Waals surface area contributed by atoms with Crippen molar-refractivity contribution in [3.63, 3.8) is 0 Å². The number of benzene rings is 8. The van der Waals surface area contributed by atoms with Crippen molar-refractivity contribution >= 4 is 44.6 Å². The molecule has 0 saturated heterocycles. The standard InChI is InChI=1S/C48H35BO2/c1-48(2,3)32-26-23-30(24-27-32)45-35-15-6-8-17-37(35)46(38-18-9-7-16-36(38)45)34-14-5-4-13-33(34)31-25-28-40-44(29-31)51-43-22-12-21-42-47(43)49(40)39-19-10-11-20-41(39)50-42/h4-29H,1-3H3. The largest absolute Gasteiger partial charge is 0.458 e. The highest BCUT2D eigenvalue weighted by Crippen LogP contribution is 2.47. The molecule has 0 aromatic heterocycles. The Morgan fingerprint density at radius 1 is 0.412 bits per heavy atom. The van der Waals surface area contributed by atoms with Gasteiger partial charge in [-0.15, -0.1) is 0 Å². The molecular formula is C48H35BO2. The van der Waals surface area contributed by atoms with Crippen molar-refractivity contribution in [1.82, 2.24) is 0 Å². The molecule has 0 bridgehead atoms. The fourth-order valence-electron chi connectivity index (χ4n) is 8.36. The van der Waals surface area contributed by atoms with Gasteiger partial charge in [-0.2, -0.15) is 0 Å². The van der Waals surface area contributed by atoms with Crippen LogP contribution in [0.5, 0.6) is 23.0 Å². The Morgan fingerprint density at radius 3 is 1.59 bits per heavy atom. The number of hydrogen-bond donors (Lipinski definition) is 0. The predicted octanol–water partition coefficient (Wildman–Crippen LogP) is 11.0.